The molecule has 3 N–H and O–H groups in total. The molecule has 0 radical (unpaired) electrons. The molecular weight excluding hydrogens is 473 g/mol. The summed E-state index contributed by atoms with van der Waals surface area (Å²) in [5, 5.41) is 21.0. The van der Waals surface area contributed by atoms with E-state index in [2.05, 4.69) is 27.9 Å². The molecule has 1 saturated heterocycles. The molecule has 4 rings (SSSR count). The van der Waals surface area contributed by atoms with Crippen LogP contribution in [0.25, 0.3) is 5.69 Å². The van der Waals surface area contributed by atoms with E-state index in [1.165, 1.54) is 4.90 Å². The molecule has 0 bridgehead atoms. The van der Waals surface area contributed by atoms with Gasteiger partial charge in [0, 0.05) is 31.0 Å². The molecular formula is C21H23F3N6O5. The first kappa shape index (κ1) is 25.8. The van der Waals surface area contributed by atoms with Gasteiger partial charge in [-0.15, -0.1) is 5.10 Å². The molecule has 0 spiro atoms. The van der Waals surface area contributed by atoms with Crippen LogP contribution < -0.4 is 10.6 Å². The van der Waals surface area contributed by atoms with E-state index >= 15 is 0 Å². The lowest BCUT2D eigenvalue weighted by molar-refractivity contribution is -0.192. The van der Waals surface area contributed by atoms with Gasteiger partial charge in [0.15, 0.2) is 0 Å². The van der Waals surface area contributed by atoms with E-state index in [1.54, 1.807) is 10.7 Å². The fourth-order valence-electron chi connectivity index (χ4n) is 3.64. The fraction of sp³-hybridized carbons (Fsp3) is 0.429. The van der Waals surface area contributed by atoms with Crippen molar-refractivity contribution in [1.29, 1.82) is 0 Å². The van der Waals surface area contributed by atoms with E-state index in [4.69, 9.17) is 9.90 Å². The summed E-state index contributed by atoms with van der Waals surface area (Å²) < 4.78 is 33.4. The van der Waals surface area contributed by atoms with Crippen molar-refractivity contribution in [2.24, 2.45) is 0 Å². The third-order valence-electron chi connectivity index (χ3n) is 5.56. The average molecular weight is 496 g/mol. The number of carbonyl (C=O) groups is 4. The predicted molar refractivity (Wildman–Crippen MR) is 113 cm³/mol. The molecule has 2 aromatic rings. The molecule has 3 amide bonds. The van der Waals surface area contributed by atoms with Crippen LogP contribution in [0.5, 0.6) is 0 Å². The number of rotatable bonds is 5. The first-order valence-corrected chi connectivity index (χ1v) is 10.6. The zero-order valence-corrected chi connectivity index (χ0v) is 18.8. The van der Waals surface area contributed by atoms with Gasteiger partial charge in [-0.25, -0.2) is 9.48 Å². The number of amides is 3. The van der Waals surface area contributed by atoms with E-state index in [9.17, 15) is 27.6 Å². The van der Waals surface area contributed by atoms with E-state index in [-0.39, 0.29) is 18.2 Å². The Labute approximate surface area is 197 Å². The number of piperidine rings is 1. The molecule has 0 aliphatic carbocycles. The Bertz CT molecular complexity index is 1150. The van der Waals surface area contributed by atoms with Gasteiger partial charge in [0.25, 0.3) is 5.91 Å². The maximum absolute atomic E-state index is 12.7. The Hall–Kier alpha value is -3.81. The van der Waals surface area contributed by atoms with Crippen molar-refractivity contribution in [2.75, 3.05) is 7.05 Å². The van der Waals surface area contributed by atoms with Gasteiger partial charge in [-0.1, -0.05) is 5.21 Å². The summed E-state index contributed by atoms with van der Waals surface area (Å²) in [6, 6.07) is 5.17. The van der Waals surface area contributed by atoms with Gasteiger partial charge in [0.1, 0.15) is 6.04 Å². The minimum Gasteiger partial charge on any atom is -0.475 e. The quantitative estimate of drug-likeness (QED) is 0.516. The molecule has 11 nitrogen and oxygen atoms in total. The minimum atomic E-state index is -5.08. The van der Waals surface area contributed by atoms with Gasteiger partial charge < -0.3 is 15.3 Å². The number of imide groups is 1. The monoisotopic (exact) mass is 496 g/mol. The number of carboxylic acid groups (broad SMARTS) is 1. The maximum atomic E-state index is 12.7. The van der Waals surface area contributed by atoms with Crippen molar-refractivity contribution >= 4 is 23.7 Å². The highest BCUT2D eigenvalue weighted by Gasteiger charge is 2.39. The SMILES string of the molecule is CNC(C)Cc1cn(-c2ccc3c(c2)CN(C2CCC(=O)NC2=O)C3=O)nn1.O=C(O)C(F)(F)F. The largest absolute Gasteiger partial charge is 0.490 e. The Morgan fingerprint density at radius 2 is 2.00 bits per heavy atom. The number of halogens is 3. The topological polar surface area (TPSA) is 147 Å². The summed E-state index contributed by atoms with van der Waals surface area (Å²) in [4.78, 5) is 46.7. The standard InChI is InChI=1S/C19H22N6O3.C2HF3O2/c1-11(20-2)7-13-10-25(23-22-13)14-3-4-15-12(8-14)9-24(19(15)28)16-5-6-17(26)21-18(16)27;3-2(4,5)1(6)7/h3-4,8,10-11,16,20H,5-7,9H2,1-2H3,(H,21,26,27);(H,6,7). The number of alkyl halides is 3. The number of nitrogens with zero attached hydrogens (tertiary/aromatic N) is 4. The average Bonchev–Trinajstić information content (AvgIpc) is 3.38. The van der Waals surface area contributed by atoms with Crippen LogP contribution in [0.4, 0.5) is 13.2 Å². The molecule has 2 atom stereocenters. The van der Waals surface area contributed by atoms with E-state index in [0.29, 0.717) is 24.6 Å². The van der Waals surface area contributed by atoms with Crippen LogP contribution in [-0.4, -0.2) is 74.0 Å². The molecule has 0 saturated carbocycles. The predicted octanol–water partition coefficient (Wildman–Crippen LogP) is 0.812. The zero-order chi connectivity index (χ0) is 25.9. The van der Waals surface area contributed by atoms with Crippen LogP contribution in [0.15, 0.2) is 24.4 Å². The normalized spacial score (nSPS) is 18.5. The van der Waals surface area contributed by atoms with Gasteiger partial charge in [-0.2, -0.15) is 13.2 Å². The molecule has 3 heterocycles. The van der Waals surface area contributed by atoms with Gasteiger partial charge in [-0.3, -0.25) is 19.7 Å². The molecule has 1 fully saturated rings. The first-order valence-electron chi connectivity index (χ1n) is 10.6. The van der Waals surface area contributed by atoms with Crippen molar-refractivity contribution in [2.45, 2.75) is 51.0 Å². The van der Waals surface area contributed by atoms with Crippen LogP contribution in [0, 0.1) is 0 Å². The molecule has 2 aliphatic heterocycles. The molecule has 35 heavy (non-hydrogen) atoms. The summed E-state index contributed by atoms with van der Waals surface area (Å²) in [7, 11) is 1.90. The van der Waals surface area contributed by atoms with Crippen molar-refractivity contribution in [3.8, 4) is 5.69 Å². The Kier molecular flexibility index (Phi) is 7.53. The van der Waals surface area contributed by atoms with Crippen LogP contribution in [0.3, 0.4) is 0 Å². The van der Waals surface area contributed by atoms with Crippen LogP contribution >= 0.6 is 0 Å². The number of nitrogens with one attached hydrogen (secondary N) is 2. The van der Waals surface area contributed by atoms with Gasteiger partial charge in [-0.05, 0) is 44.2 Å². The summed E-state index contributed by atoms with van der Waals surface area (Å²) in [5.41, 5.74) is 3.11. The molecule has 2 unspecified atom stereocenters. The maximum Gasteiger partial charge on any atom is 0.490 e. The number of hydrogen-bond acceptors (Lipinski definition) is 7. The summed E-state index contributed by atoms with van der Waals surface area (Å²) in [5.74, 6) is -3.63. The van der Waals surface area contributed by atoms with Crippen LogP contribution in [-0.2, 0) is 27.3 Å². The van der Waals surface area contributed by atoms with Gasteiger partial charge in [0.05, 0.1) is 17.6 Å². The van der Waals surface area contributed by atoms with E-state index < -0.39 is 24.1 Å². The molecule has 1 aromatic heterocycles. The number of benzene rings is 1. The number of carboxylic acids is 1. The smallest absolute Gasteiger partial charge is 0.475 e. The third-order valence-corrected chi connectivity index (χ3v) is 5.56. The molecule has 14 heteroatoms. The lowest BCUT2D eigenvalue weighted by Crippen LogP contribution is -2.52. The van der Waals surface area contributed by atoms with E-state index in [0.717, 1.165) is 23.4 Å². The Morgan fingerprint density at radius 3 is 2.60 bits per heavy atom. The first-order chi connectivity index (χ1) is 16.4. The van der Waals surface area contributed by atoms with Gasteiger partial charge in [0.2, 0.25) is 11.8 Å². The number of carbonyl (C=O) groups excluding carboxylic acids is 3. The van der Waals surface area contributed by atoms with Crippen molar-refractivity contribution in [3.63, 3.8) is 0 Å². The lowest BCUT2D eigenvalue weighted by Gasteiger charge is -2.29. The number of aliphatic carboxylic acids is 1. The molecule has 188 valence electrons. The van der Waals surface area contributed by atoms with E-state index in [1.807, 2.05) is 25.4 Å². The molecule has 2 aliphatic rings. The Balaban J connectivity index is 0.000000429. The van der Waals surface area contributed by atoms with Crippen molar-refractivity contribution in [3.05, 3.63) is 41.2 Å². The highest BCUT2D eigenvalue weighted by molar-refractivity contribution is 6.05. The molecule has 1 aromatic carbocycles. The summed E-state index contributed by atoms with van der Waals surface area (Å²) in [6.45, 7) is 2.41. The summed E-state index contributed by atoms with van der Waals surface area (Å²) >= 11 is 0. The minimum absolute atomic E-state index is 0.182. The second kappa shape index (κ2) is 10.2. The highest BCUT2D eigenvalue weighted by Crippen LogP contribution is 2.29. The number of aromatic nitrogens is 3. The van der Waals surface area contributed by atoms with Crippen molar-refractivity contribution < 1.29 is 37.5 Å². The van der Waals surface area contributed by atoms with Crippen LogP contribution in [0.2, 0.25) is 0 Å². The zero-order valence-electron chi connectivity index (χ0n) is 18.8. The lowest BCUT2D eigenvalue weighted by atomic mass is 10.0. The summed E-state index contributed by atoms with van der Waals surface area (Å²) in [6.07, 6.45) is -1.84. The fourth-order valence-corrected chi connectivity index (χ4v) is 3.64. The van der Waals surface area contributed by atoms with Crippen LogP contribution in [0.1, 0.15) is 41.4 Å². The number of likely N-dealkylation sites (N-methyl/N-ethyl adjacent to an activating group) is 1. The third kappa shape index (κ3) is 6.01. The van der Waals surface area contributed by atoms with Gasteiger partial charge >= 0.3 is 12.1 Å². The second-order valence-electron chi connectivity index (χ2n) is 8.09. The van der Waals surface area contributed by atoms with Crippen molar-refractivity contribution in [1.82, 2.24) is 30.5 Å². The Morgan fingerprint density at radius 1 is 1.31 bits per heavy atom. The number of hydrogen-bond donors (Lipinski definition) is 3. The highest BCUT2D eigenvalue weighted by atomic mass is 19.4. The second-order valence-corrected chi connectivity index (χ2v) is 8.09. The number of fused-ring (bicyclic) bond motifs is 1.